The summed E-state index contributed by atoms with van der Waals surface area (Å²) >= 11 is 15.8. The average Bonchev–Trinajstić information content (AvgIpc) is 3.04. The van der Waals surface area contributed by atoms with Gasteiger partial charge in [0.15, 0.2) is 11.5 Å². The summed E-state index contributed by atoms with van der Waals surface area (Å²) in [7, 11) is 0. The molecule has 0 aliphatic rings. The van der Waals surface area contributed by atoms with Crippen LogP contribution in [-0.4, -0.2) is 12.5 Å². The molecule has 6 nitrogen and oxygen atoms in total. The van der Waals surface area contributed by atoms with Gasteiger partial charge in [-0.3, -0.25) is 4.79 Å². The number of hydrogen-bond donors (Lipinski definition) is 1. The molecule has 1 amide bonds. The number of amides is 1. The number of hydrogen-bond acceptors (Lipinski definition) is 5. The molecule has 0 aromatic heterocycles. The van der Waals surface area contributed by atoms with E-state index in [1.165, 1.54) is 6.08 Å². The third-order valence-corrected chi connectivity index (χ3v) is 8.34. The topological polar surface area (TPSA) is 80.6 Å². The summed E-state index contributed by atoms with van der Waals surface area (Å²) in [5.74, 6) is 1.07. The number of nitrogens with one attached hydrogen (secondary N) is 1. The fourth-order valence-corrected chi connectivity index (χ4v) is 5.84. The van der Waals surface area contributed by atoms with E-state index in [1.54, 1.807) is 54.6 Å². The molecule has 46 heavy (non-hydrogen) atoms. The Morgan fingerprint density at radius 2 is 1.72 bits per heavy atom. The van der Waals surface area contributed by atoms with E-state index in [9.17, 15) is 10.1 Å². The van der Waals surface area contributed by atoms with E-state index in [4.69, 9.17) is 37.4 Å². The van der Waals surface area contributed by atoms with Crippen molar-refractivity contribution in [3.8, 4) is 23.3 Å². The van der Waals surface area contributed by atoms with Crippen LogP contribution in [-0.2, 0) is 18.0 Å². The second kappa shape index (κ2) is 15.2. The summed E-state index contributed by atoms with van der Waals surface area (Å²) in [5.41, 5.74) is 4.04. The maximum Gasteiger partial charge on any atom is 0.266 e. The molecule has 1 N–H and O–H groups in total. The third kappa shape index (κ3) is 8.02. The van der Waals surface area contributed by atoms with Crippen molar-refractivity contribution in [3.63, 3.8) is 0 Å². The first-order valence-corrected chi connectivity index (χ1v) is 16.0. The van der Waals surface area contributed by atoms with Crippen LogP contribution in [0.3, 0.4) is 0 Å². The minimum absolute atomic E-state index is 0.0768. The summed E-state index contributed by atoms with van der Waals surface area (Å²) in [6.45, 7) is 4.95. The second-order valence-corrected chi connectivity index (χ2v) is 12.0. The van der Waals surface area contributed by atoms with Crippen molar-refractivity contribution in [1.29, 1.82) is 5.26 Å². The van der Waals surface area contributed by atoms with Crippen molar-refractivity contribution in [3.05, 3.63) is 133 Å². The Kier molecular flexibility index (Phi) is 10.9. The lowest BCUT2D eigenvalue weighted by molar-refractivity contribution is -0.112. The van der Waals surface area contributed by atoms with Crippen LogP contribution >= 0.6 is 39.1 Å². The van der Waals surface area contributed by atoms with Gasteiger partial charge >= 0.3 is 0 Å². The lowest BCUT2D eigenvalue weighted by Gasteiger charge is -2.17. The molecule has 0 aliphatic carbocycles. The maximum atomic E-state index is 13.0. The van der Waals surface area contributed by atoms with Crippen LogP contribution in [0.2, 0.25) is 10.0 Å². The van der Waals surface area contributed by atoms with Gasteiger partial charge in [0.2, 0.25) is 0 Å². The van der Waals surface area contributed by atoms with Gasteiger partial charge in [-0.15, -0.1) is 0 Å². The van der Waals surface area contributed by atoms with Gasteiger partial charge in [0.25, 0.3) is 5.91 Å². The number of aryl methyl sites for hydroxylation is 1. The highest BCUT2D eigenvalue weighted by Gasteiger charge is 2.16. The maximum absolute atomic E-state index is 13.0. The van der Waals surface area contributed by atoms with Gasteiger partial charge in [0.05, 0.1) is 11.1 Å². The molecule has 0 aliphatic heterocycles. The van der Waals surface area contributed by atoms with Crippen molar-refractivity contribution in [2.45, 2.75) is 27.1 Å². The molecule has 0 saturated heterocycles. The van der Waals surface area contributed by atoms with Crippen LogP contribution in [0.4, 0.5) is 5.69 Å². The summed E-state index contributed by atoms with van der Waals surface area (Å²) < 4.78 is 18.7. The number of fused-ring (bicyclic) bond motifs is 1. The number of rotatable bonds is 11. The lowest BCUT2D eigenvalue weighted by Crippen LogP contribution is -2.13. The van der Waals surface area contributed by atoms with Gasteiger partial charge in [-0.2, -0.15) is 5.26 Å². The smallest absolute Gasteiger partial charge is 0.266 e. The van der Waals surface area contributed by atoms with Gasteiger partial charge < -0.3 is 19.5 Å². The number of anilines is 1. The van der Waals surface area contributed by atoms with Crippen molar-refractivity contribution in [2.24, 2.45) is 0 Å². The number of carbonyl (C=O) groups excluding carboxylic acids is 1. The average molecular weight is 716 g/mol. The zero-order valence-corrected chi connectivity index (χ0v) is 28.2. The molecule has 5 rings (SSSR count). The first-order chi connectivity index (χ1) is 22.2. The van der Waals surface area contributed by atoms with E-state index in [0.29, 0.717) is 56.2 Å². The molecular formula is C37H29BrCl2N2O4. The summed E-state index contributed by atoms with van der Waals surface area (Å²) in [6.07, 6.45) is 1.51. The quantitative estimate of drug-likeness (QED) is 0.109. The van der Waals surface area contributed by atoms with Crippen LogP contribution in [0, 0.1) is 18.3 Å². The number of nitriles is 1. The Hall–Kier alpha value is -4.48. The molecule has 0 bridgehead atoms. The van der Waals surface area contributed by atoms with E-state index in [0.717, 1.165) is 27.5 Å². The lowest BCUT2D eigenvalue weighted by atomic mass is 10.0. The highest BCUT2D eigenvalue weighted by atomic mass is 79.9. The number of halogens is 3. The second-order valence-electron chi connectivity index (χ2n) is 10.3. The number of nitrogens with zero attached hydrogens (tertiary/aromatic N) is 1. The van der Waals surface area contributed by atoms with E-state index in [1.807, 2.05) is 25.1 Å². The molecule has 9 heteroatoms. The van der Waals surface area contributed by atoms with E-state index < -0.39 is 5.91 Å². The van der Waals surface area contributed by atoms with Crippen molar-refractivity contribution < 1.29 is 19.0 Å². The van der Waals surface area contributed by atoms with Crippen LogP contribution in [0.25, 0.3) is 16.8 Å². The first-order valence-electron chi connectivity index (χ1n) is 14.4. The summed E-state index contributed by atoms with van der Waals surface area (Å²) in [6, 6.07) is 30.0. The van der Waals surface area contributed by atoms with Gasteiger partial charge in [-0.25, -0.2) is 0 Å². The molecule has 5 aromatic carbocycles. The molecule has 0 atom stereocenters. The molecule has 0 saturated carbocycles. The molecule has 0 fully saturated rings. The highest BCUT2D eigenvalue weighted by Crippen LogP contribution is 2.39. The van der Waals surface area contributed by atoms with Crippen molar-refractivity contribution in [2.75, 3.05) is 11.9 Å². The van der Waals surface area contributed by atoms with Crippen molar-refractivity contribution >= 4 is 67.6 Å². The molecule has 0 spiro atoms. The molecule has 0 radical (unpaired) electrons. The Morgan fingerprint density at radius 3 is 2.46 bits per heavy atom. The Labute approximate surface area is 286 Å². The normalized spacial score (nSPS) is 11.2. The molecule has 0 unspecified atom stereocenters. The third-order valence-electron chi connectivity index (χ3n) is 7.17. The summed E-state index contributed by atoms with van der Waals surface area (Å²) in [4.78, 5) is 13.0. The predicted molar refractivity (Wildman–Crippen MR) is 188 cm³/mol. The standard InChI is InChI=1S/C37H29BrCl2N2O4/c1-3-44-35-18-24(17-33(38)36(35)46-22-32-23(2)8-9-25-6-4-5-7-31(25)32)16-27(20-41)37(43)42-29-12-14-30(15-13-29)45-21-26-10-11-28(39)19-34(26)40/h4-19H,3,21-22H2,1-2H3,(H,42,43)/b27-16+. The first kappa shape index (κ1) is 32.9. The van der Waals surface area contributed by atoms with E-state index in [-0.39, 0.29) is 12.2 Å². The highest BCUT2D eigenvalue weighted by molar-refractivity contribution is 9.10. The minimum Gasteiger partial charge on any atom is -0.490 e. The largest absolute Gasteiger partial charge is 0.490 e. The molecular weight excluding hydrogens is 687 g/mol. The fourth-order valence-electron chi connectivity index (χ4n) is 4.80. The van der Waals surface area contributed by atoms with Crippen LogP contribution in [0.1, 0.15) is 29.2 Å². The zero-order chi connectivity index (χ0) is 32.6. The van der Waals surface area contributed by atoms with Crippen LogP contribution in [0.5, 0.6) is 17.2 Å². The monoisotopic (exact) mass is 714 g/mol. The minimum atomic E-state index is -0.551. The van der Waals surface area contributed by atoms with Crippen LogP contribution in [0.15, 0.2) is 101 Å². The Bertz CT molecular complexity index is 1970. The summed E-state index contributed by atoms with van der Waals surface area (Å²) in [5, 5.41) is 15.9. The Morgan fingerprint density at radius 1 is 0.935 bits per heavy atom. The SMILES string of the molecule is CCOc1cc(/C=C(\C#N)C(=O)Nc2ccc(OCc3ccc(Cl)cc3Cl)cc2)cc(Br)c1OCc1c(C)ccc2ccccc12. The predicted octanol–water partition coefficient (Wildman–Crippen LogP) is 10.3. The number of ether oxygens (including phenoxy) is 3. The molecule has 5 aromatic rings. The number of benzene rings is 5. The zero-order valence-electron chi connectivity index (χ0n) is 25.1. The van der Waals surface area contributed by atoms with Gasteiger partial charge in [0, 0.05) is 26.9 Å². The molecule has 232 valence electrons. The van der Waals surface area contributed by atoms with Crippen molar-refractivity contribution in [1.82, 2.24) is 0 Å². The van der Waals surface area contributed by atoms with Gasteiger partial charge in [0.1, 0.15) is 30.6 Å². The Balaban J connectivity index is 1.28. The molecule has 0 heterocycles. The van der Waals surface area contributed by atoms with E-state index in [2.05, 4.69) is 52.4 Å². The van der Waals surface area contributed by atoms with Gasteiger partial charge in [-0.05, 0) is 106 Å². The van der Waals surface area contributed by atoms with Gasteiger partial charge in [-0.1, -0.05) is 65.7 Å². The van der Waals surface area contributed by atoms with E-state index >= 15 is 0 Å². The fraction of sp³-hybridized carbons (Fsp3) is 0.135. The number of carbonyl (C=O) groups is 1. The van der Waals surface area contributed by atoms with Crippen LogP contribution < -0.4 is 19.5 Å².